The highest BCUT2D eigenvalue weighted by atomic mass is 16.5. The molecule has 1 aromatic rings. The molecule has 2 rings (SSSR count). The summed E-state index contributed by atoms with van der Waals surface area (Å²) >= 11 is 0. The second-order valence-corrected chi connectivity index (χ2v) is 4.73. The highest BCUT2D eigenvalue weighted by Gasteiger charge is 2.42. The molecule has 4 nitrogen and oxygen atoms in total. The quantitative estimate of drug-likeness (QED) is 0.807. The number of hydrogen-bond acceptors (Lipinski definition) is 4. The Morgan fingerprint density at radius 3 is 2.39 bits per heavy atom. The van der Waals surface area contributed by atoms with E-state index in [2.05, 4.69) is 4.74 Å². The molecule has 98 valence electrons. The number of carbonyl (C=O) groups excluding carboxylic acids is 1. The van der Waals surface area contributed by atoms with Gasteiger partial charge in [-0.2, -0.15) is 0 Å². The minimum atomic E-state index is -1.21. The first-order valence-electron chi connectivity index (χ1n) is 6.00. The van der Waals surface area contributed by atoms with E-state index in [9.17, 15) is 9.90 Å². The number of carbonyl (C=O) groups is 1. The molecule has 1 unspecified atom stereocenters. The highest BCUT2D eigenvalue weighted by molar-refractivity contribution is 5.76. The van der Waals surface area contributed by atoms with Gasteiger partial charge in [0.2, 0.25) is 0 Å². The second kappa shape index (κ2) is 5.08. The van der Waals surface area contributed by atoms with E-state index in [1.807, 2.05) is 12.1 Å². The normalized spacial score (nSPS) is 18.2. The third kappa shape index (κ3) is 2.71. The van der Waals surface area contributed by atoms with Gasteiger partial charge in [-0.25, -0.2) is 4.79 Å². The Bertz CT molecular complexity index is 420. The van der Waals surface area contributed by atoms with Crippen LogP contribution >= 0.6 is 0 Å². The second-order valence-electron chi connectivity index (χ2n) is 4.73. The number of hydrogen-bond donors (Lipinski definition) is 1. The van der Waals surface area contributed by atoms with E-state index >= 15 is 0 Å². The van der Waals surface area contributed by atoms with Crippen molar-refractivity contribution >= 4 is 5.97 Å². The van der Waals surface area contributed by atoms with Crippen LogP contribution in [0.15, 0.2) is 24.3 Å². The number of methoxy groups -OCH3 is 2. The lowest BCUT2D eigenvalue weighted by molar-refractivity contribution is -0.150. The van der Waals surface area contributed by atoms with Gasteiger partial charge in [0.15, 0.2) is 6.10 Å². The van der Waals surface area contributed by atoms with E-state index in [-0.39, 0.29) is 5.60 Å². The van der Waals surface area contributed by atoms with E-state index in [1.54, 1.807) is 19.2 Å². The van der Waals surface area contributed by atoms with Crippen molar-refractivity contribution in [2.45, 2.75) is 31.0 Å². The number of aliphatic hydroxyl groups is 1. The minimum absolute atomic E-state index is 0.0164. The molecule has 0 aromatic heterocycles. The summed E-state index contributed by atoms with van der Waals surface area (Å²) < 4.78 is 9.96. The zero-order valence-electron chi connectivity index (χ0n) is 10.7. The van der Waals surface area contributed by atoms with Crippen LogP contribution in [0.1, 0.15) is 30.1 Å². The summed E-state index contributed by atoms with van der Waals surface area (Å²) in [6.45, 7) is 0. The SMILES string of the molecule is COC(=O)C(O)c1ccc(CC2(OC)CC2)cc1. The van der Waals surface area contributed by atoms with Gasteiger partial charge in [0, 0.05) is 13.5 Å². The maximum Gasteiger partial charge on any atom is 0.339 e. The average Bonchev–Trinajstić information content (AvgIpc) is 3.18. The zero-order chi connectivity index (χ0) is 13.2. The first-order valence-corrected chi connectivity index (χ1v) is 6.00. The summed E-state index contributed by atoms with van der Waals surface area (Å²) in [5, 5.41) is 9.67. The van der Waals surface area contributed by atoms with Crippen molar-refractivity contribution in [2.75, 3.05) is 14.2 Å². The summed E-state index contributed by atoms with van der Waals surface area (Å²) in [5.41, 5.74) is 1.71. The van der Waals surface area contributed by atoms with Gasteiger partial charge in [0.25, 0.3) is 0 Å². The molecular formula is C14H18O4. The lowest BCUT2D eigenvalue weighted by Crippen LogP contribution is -2.15. The Labute approximate surface area is 107 Å². The van der Waals surface area contributed by atoms with Crippen LogP contribution in [0.2, 0.25) is 0 Å². The van der Waals surface area contributed by atoms with Crippen molar-refractivity contribution in [3.8, 4) is 0 Å². The van der Waals surface area contributed by atoms with Gasteiger partial charge in [-0.1, -0.05) is 24.3 Å². The fourth-order valence-corrected chi connectivity index (χ4v) is 2.03. The molecule has 0 heterocycles. The topological polar surface area (TPSA) is 55.8 Å². The molecule has 1 atom stereocenters. The molecule has 1 aliphatic carbocycles. The number of benzene rings is 1. The lowest BCUT2D eigenvalue weighted by Gasteiger charge is -2.14. The summed E-state index contributed by atoms with van der Waals surface area (Å²) in [4.78, 5) is 11.2. The van der Waals surface area contributed by atoms with Crippen LogP contribution < -0.4 is 0 Å². The monoisotopic (exact) mass is 250 g/mol. The fraction of sp³-hybridized carbons (Fsp3) is 0.500. The Morgan fingerprint density at radius 1 is 1.33 bits per heavy atom. The minimum Gasteiger partial charge on any atom is -0.467 e. The predicted molar refractivity (Wildman–Crippen MR) is 66.1 cm³/mol. The van der Waals surface area contributed by atoms with Crippen molar-refractivity contribution in [3.63, 3.8) is 0 Å². The maximum atomic E-state index is 11.2. The Kier molecular flexibility index (Phi) is 3.68. The maximum absolute atomic E-state index is 11.2. The molecule has 0 aliphatic heterocycles. The predicted octanol–water partition coefficient (Wildman–Crippen LogP) is 1.61. The molecule has 1 N–H and O–H groups in total. The van der Waals surface area contributed by atoms with E-state index < -0.39 is 12.1 Å². The van der Waals surface area contributed by atoms with Gasteiger partial charge in [0.05, 0.1) is 12.7 Å². The van der Waals surface area contributed by atoms with Crippen molar-refractivity contribution in [1.29, 1.82) is 0 Å². The van der Waals surface area contributed by atoms with Crippen molar-refractivity contribution in [1.82, 2.24) is 0 Å². The lowest BCUT2D eigenvalue weighted by atomic mass is 10.0. The largest absolute Gasteiger partial charge is 0.467 e. The first-order chi connectivity index (χ1) is 8.60. The number of rotatable bonds is 5. The molecule has 0 radical (unpaired) electrons. The van der Waals surface area contributed by atoms with Crippen LogP contribution in [0.4, 0.5) is 0 Å². The van der Waals surface area contributed by atoms with Gasteiger partial charge in [-0.3, -0.25) is 0 Å². The summed E-state index contributed by atoms with van der Waals surface area (Å²) in [5.74, 6) is -0.640. The highest BCUT2D eigenvalue weighted by Crippen LogP contribution is 2.41. The number of ether oxygens (including phenoxy) is 2. The Balaban J connectivity index is 2.03. The van der Waals surface area contributed by atoms with Gasteiger partial charge in [0.1, 0.15) is 0 Å². The smallest absolute Gasteiger partial charge is 0.339 e. The third-order valence-corrected chi connectivity index (χ3v) is 3.49. The first kappa shape index (κ1) is 13.1. The van der Waals surface area contributed by atoms with Gasteiger partial charge < -0.3 is 14.6 Å². The Morgan fingerprint density at radius 2 is 1.94 bits per heavy atom. The molecule has 18 heavy (non-hydrogen) atoms. The fourth-order valence-electron chi connectivity index (χ4n) is 2.03. The van der Waals surface area contributed by atoms with Crippen LogP contribution in [0.3, 0.4) is 0 Å². The average molecular weight is 250 g/mol. The standard InChI is InChI=1S/C14H18O4/c1-17-13(16)12(15)11-5-3-10(4-6-11)9-14(18-2)7-8-14/h3-6,12,15H,7-9H2,1-2H3. The van der Waals surface area contributed by atoms with Crippen LogP contribution in [-0.2, 0) is 20.7 Å². The number of aliphatic hydroxyl groups excluding tert-OH is 1. The van der Waals surface area contributed by atoms with E-state index in [1.165, 1.54) is 7.11 Å². The van der Waals surface area contributed by atoms with Crippen molar-refractivity contribution < 1.29 is 19.4 Å². The molecule has 1 aromatic carbocycles. The van der Waals surface area contributed by atoms with Gasteiger partial charge >= 0.3 is 5.97 Å². The van der Waals surface area contributed by atoms with Crippen LogP contribution in [0.25, 0.3) is 0 Å². The molecule has 0 saturated heterocycles. The van der Waals surface area contributed by atoms with Crippen LogP contribution in [0, 0.1) is 0 Å². The molecule has 4 heteroatoms. The molecular weight excluding hydrogens is 232 g/mol. The summed E-state index contributed by atoms with van der Waals surface area (Å²) in [7, 11) is 3.00. The summed E-state index contributed by atoms with van der Waals surface area (Å²) in [6.07, 6.45) is 1.85. The van der Waals surface area contributed by atoms with E-state index in [0.717, 1.165) is 24.8 Å². The zero-order valence-corrected chi connectivity index (χ0v) is 10.7. The van der Waals surface area contributed by atoms with Gasteiger partial charge in [-0.05, 0) is 24.0 Å². The molecule has 0 bridgehead atoms. The molecule has 1 saturated carbocycles. The number of esters is 1. The van der Waals surface area contributed by atoms with Crippen molar-refractivity contribution in [2.24, 2.45) is 0 Å². The van der Waals surface area contributed by atoms with Gasteiger partial charge in [-0.15, -0.1) is 0 Å². The van der Waals surface area contributed by atoms with Crippen molar-refractivity contribution in [3.05, 3.63) is 35.4 Å². The van der Waals surface area contributed by atoms with Crippen LogP contribution in [-0.4, -0.2) is 30.9 Å². The molecule has 0 amide bonds. The van der Waals surface area contributed by atoms with E-state index in [4.69, 9.17) is 4.74 Å². The molecule has 1 aliphatic rings. The summed E-state index contributed by atoms with van der Waals surface area (Å²) in [6, 6.07) is 7.34. The molecule has 0 spiro atoms. The van der Waals surface area contributed by atoms with E-state index in [0.29, 0.717) is 5.56 Å². The third-order valence-electron chi connectivity index (χ3n) is 3.49. The Hall–Kier alpha value is -1.39. The van der Waals surface area contributed by atoms with Crippen LogP contribution in [0.5, 0.6) is 0 Å². The molecule has 1 fully saturated rings.